The summed E-state index contributed by atoms with van der Waals surface area (Å²) < 4.78 is 29.2. The normalized spacial score (nSPS) is 26.1. The molecular weight excluding hydrogens is 372 g/mol. The molecule has 1 aromatic carbocycles. The quantitative estimate of drug-likeness (QED) is 0.773. The molecule has 0 amide bonds. The van der Waals surface area contributed by atoms with Crippen molar-refractivity contribution in [3.8, 4) is 0 Å². The predicted molar refractivity (Wildman–Crippen MR) is 110 cm³/mol. The molecule has 2 fully saturated rings. The smallest absolute Gasteiger partial charge is 0.282 e. The van der Waals surface area contributed by atoms with Crippen molar-refractivity contribution in [1.29, 1.82) is 0 Å². The minimum atomic E-state index is -3.47. The molecule has 28 heavy (non-hydrogen) atoms. The van der Waals surface area contributed by atoms with Crippen LogP contribution in [0.3, 0.4) is 0 Å². The third kappa shape index (κ3) is 3.48. The lowest BCUT2D eigenvalue weighted by molar-refractivity contribution is 0.252. The lowest BCUT2D eigenvalue weighted by atomic mass is 9.88. The van der Waals surface area contributed by atoms with E-state index >= 15 is 0 Å². The molecule has 3 heterocycles. The third-order valence-electron chi connectivity index (χ3n) is 6.07. The number of fused-ring (bicyclic) bond motifs is 1. The minimum Gasteiger partial charge on any atom is -0.297 e. The van der Waals surface area contributed by atoms with E-state index in [4.69, 9.17) is 0 Å². The third-order valence-corrected chi connectivity index (χ3v) is 7.97. The average molecular weight is 401 g/mol. The van der Waals surface area contributed by atoms with E-state index in [1.807, 2.05) is 30.5 Å². The van der Waals surface area contributed by atoms with E-state index in [-0.39, 0.29) is 6.04 Å². The van der Waals surface area contributed by atoms with Gasteiger partial charge < -0.3 is 0 Å². The maximum Gasteiger partial charge on any atom is 0.282 e. The number of hydrogen-bond donors (Lipinski definition) is 0. The summed E-state index contributed by atoms with van der Waals surface area (Å²) in [6.07, 6.45) is 1.83. The Morgan fingerprint density at radius 2 is 1.82 bits per heavy atom. The summed E-state index contributed by atoms with van der Waals surface area (Å²) in [5.41, 5.74) is 3.34. The van der Waals surface area contributed by atoms with Crippen LogP contribution in [0.15, 0.2) is 48.7 Å². The fourth-order valence-corrected chi connectivity index (χ4v) is 6.06. The zero-order valence-electron chi connectivity index (χ0n) is 16.7. The summed E-state index contributed by atoms with van der Waals surface area (Å²) in [5.74, 6) is 0.627. The summed E-state index contributed by atoms with van der Waals surface area (Å²) in [6, 6.07) is 14.1. The van der Waals surface area contributed by atoms with Gasteiger partial charge in [-0.1, -0.05) is 30.3 Å². The van der Waals surface area contributed by atoms with E-state index in [9.17, 15) is 8.42 Å². The van der Waals surface area contributed by atoms with Crippen molar-refractivity contribution in [2.45, 2.75) is 19.5 Å². The van der Waals surface area contributed by atoms with Crippen LogP contribution in [0.1, 0.15) is 22.9 Å². The summed E-state index contributed by atoms with van der Waals surface area (Å²) >= 11 is 0. The van der Waals surface area contributed by atoms with Crippen molar-refractivity contribution < 1.29 is 8.42 Å². The van der Waals surface area contributed by atoms with Gasteiger partial charge in [-0.2, -0.15) is 17.0 Å². The second kappa shape index (κ2) is 7.55. The Hall–Kier alpha value is -1.80. The van der Waals surface area contributed by atoms with Crippen molar-refractivity contribution >= 4 is 10.2 Å². The first-order valence-corrected chi connectivity index (χ1v) is 11.1. The second-order valence-corrected chi connectivity index (χ2v) is 10.2. The number of pyridine rings is 1. The Labute approximate surface area is 168 Å². The molecule has 0 unspecified atom stereocenters. The number of likely N-dealkylation sites (tertiary alicyclic amines) is 1. The fraction of sp³-hybridized carbons (Fsp3) is 0.476. The van der Waals surface area contributed by atoms with E-state index in [0.29, 0.717) is 18.4 Å². The van der Waals surface area contributed by atoms with Gasteiger partial charge in [-0.25, -0.2) is 0 Å². The molecule has 0 N–H and O–H groups in total. The lowest BCUT2D eigenvalue weighted by Crippen LogP contribution is -2.42. The van der Waals surface area contributed by atoms with Gasteiger partial charge in [0.15, 0.2) is 0 Å². The van der Waals surface area contributed by atoms with Crippen LogP contribution in [0.5, 0.6) is 0 Å². The van der Waals surface area contributed by atoms with Crippen LogP contribution in [0.2, 0.25) is 0 Å². The minimum absolute atomic E-state index is 0.118. The molecule has 2 aliphatic rings. The first-order valence-electron chi connectivity index (χ1n) is 9.75. The summed E-state index contributed by atoms with van der Waals surface area (Å²) in [4.78, 5) is 6.87. The number of rotatable bonds is 5. The number of benzene rings is 1. The van der Waals surface area contributed by atoms with Gasteiger partial charge >= 0.3 is 0 Å². The molecule has 0 saturated carbocycles. The fourth-order valence-electron chi connectivity index (χ4n) is 4.70. The van der Waals surface area contributed by atoms with Crippen molar-refractivity contribution in [3.05, 3.63) is 65.5 Å². The van der Waals surface area contributed by atoms with E-state index < -0.39 is 10.2 Å². The van der Waals surface area contributed by atoms with Crippen LogP contribution in [0.4, 0.5) is 0 Å². The Morgan fingerprint density at radius 3 is 2.50 bits per heavy atom. The Morgan fingerprint density at radius 1 is 1.07 bits per heavy atom. The standard InChI is InChI=1S/C21H28N4O2S/c1-16-8-4-5-10-19(16)21-20-15-24(14-18-9-6-7-11-22-18)12-17(20)13-25(21)28(26,27)23(2)3/h4-11,17,20-21H,12-15H2,1-3H3/t17-,20-,21+/m0/s1. The zero-order chi connectivity index (χ0) is 19.9. The topological polar surface area (TPSA) is 56.8 Å². The van der Waals surface area contributed by atoms with Gasteiger partial charge in [0.25, 0.3) is 10.2 Å². The Bertz CT molecular complexity index is 932. The van der Waals surface area contributed by atoms with Gasteiger partial charge in [0, 0.05) is 46.5 Å². The number of hydrogen-bond acceptors (Lipinski definition) is 4. The van der Waals surface area contributed by atoms with E-state index in [0.717, 1.165) is 36.5 Å². The molecule has 2 aliphatic heterocycles. The molecule has 1 aromatic heterocycles. The Kier molecular flexibility index (Phi) is 5.26. The first-order chi connectivity index (χ1) is 13.4. The monoisotopic (exact) mass is 400 g/mol. The van der Waals surface area contributed by atoms with Gasteiger partial charge in [0.1, 0.15) is 0 Å². The first kappa shape index (κ1) is 19.5. The average Bonchev–Trinajstić information content (AvgIpc) is 3.20. The number of aryl methyl sites for hydroxylation is 1. The molecule has 150 valence electrons. The molecule has 6 nitrogen and oxygen atoms in total. The molecule has 0 spiro atoms. The molecule has 3 atom stereocenters. The highest BCUT2D eigenvalue weighted by Crippen LogP contribution is 2.47. The molecule has 7 heteroatoms. The zero-order valence-corrected chi connectivity index (χ0v) is 17.5. The van der Waals surface area contributed by atoms with Gasteiger partial charge in [-0.05, 0) is 42.0 Å². The molecule has 2 saturated heterocycles. The highest BCUT2D eigenvalue weighted by Gasteiger charge is 2.52. The largest absolute Gasteiger partial charge is 0.297 e. The lowest BCUT2D eigenvalue weighted by Gasteiger charge is -2.31. The van der Waals surface area contributed by atoms with E-state index in [1.165, 1.54) is 4.31 Å². The van der Waals surface area contributed by atoms with E-state index in [1.54, 1.807) is 18.4 Å². The SMILES string of the molecule is Cc1ccccc1[C@@H]1[C@H]2CN(Cc3ccccn3)C[C@H]2CN1S(=O)(=O)N(C)C. The second-order valence-electron chi connectivity index (χ2n) is 8.10. The van der Waals surface area contributed by atoms with Crippen LogP contribution in [-0.2, 0) is 16.8 Å². The van der Waals surface area contributed by atoms with Crippen molar-refractivity contribution in [3.63, 3.8) is 0 Å². The number of nitrogens with zero attached hydrogens (tertiary/aromatic N) is 4. The maximum atomic E-state index is 13.1. The molecule has 0 aliphatic carbocycles. The Balaban J connectivity index is 1.64. The van der Waals surface area contributed by atoms with E-state index in [2.05, 4.69) is 35.0 Å². The van der Waals surface area contributed by atoms with Crippen LogP contribution in [-0.4, -0.2) is 60.6 Å². The van der Waals surface area contributed by atoms with Crippen LogP contribution < -0.4 is 0 Å². The van der Waals surface area contributed by atoms with Crippen LogP contribution in [0.25, 0.3) is 0 Å². The molecule has 2 aromatic rings. The van der Waals surface area contributed by atoms with Crippen LogP contribution >= 0.6 is 0 Å². The van der Waals surface area contributed by atoms with Crippen LogP contribution in [0, 0.1) is 18.8 Å². The van der Waals surface area contributed by atoms with Crippen molar-refractivity contribution in [2.75, 3.05) is 33.7 Å². The molecular formula is C21H28N4O2S. The van der Waals surface area contributed by atoms with Gasteiger partial charge in [-0.3, -0.25) is 9.88 Å². The van der Waals surface area contributed by atoms with Gasteiger partial charge in [0.2, 0.25) is 0 Å². The highest BCUT2D eigenvalue weighted by atomic mass is 32.2. The summed E-state index contributed by atoms with van der Waals surface area (Å²) in [7, 11) is -0.240. The number of aromatic nitrogens is 1. The van der Waals surface area contributed by atoms with Crippen molar-refractivity contribution in [1.82, 2.24) is 18.5 Å². The van der Waals surface area contributed by atoms with Crippen molar-refractivity contribution in [2.24, 2.45) is 11.8 Å². The summed E-state index contributed by atoms with van der Waals surface area (Å²) in [6.45, 7) is 5.25. The predicted octanol–water partition coefficient (Wildman–Crippen LogP) is 2.30. The molecule has 0 radical (unpaired) electrons. The highest BCUT2D eigenvalue weighted by molar-refractivity contribution is 7.86. The maximum absolute atomic E-state index is 13.1. The summed E-state index contributed by atoms with van der Waals surface area (Å²) in [5, 5.41) is 0. The molecule has 4 rings (SSSR count). The van der Waals surface area contributed by atoms with Gasteiger partial charge in [-0.15, -0.1) is 0 Å². The van der Waals surface area contributed by atoms with Gasteiger partial charge in [0.05, 0.1) is 11.7 Å². The molecule has 0 bridgehead atoms.